The van der Waals surface area contributed by atoms with Crippen LogP contribution in [0.5, 0.6) is 0 Å². The minimum Gasteiger partial charge on any atom is -0.481 e. The first-order valence-corrected chi connectivity index (χ1v) is 7.13. The number of methoxy groups -OCH3 is 1. The van der Waals surface area contributed by atoms with Gasteiger partial charge in [-0.25, -0.2) is 8.42 Å². The van der Waals surface area contributed by atoms with Crippen molar-refractivity contribution < 1.29 is 23.1 Å². The van der Waals surface area contributed by atoms with E-state index in [4.69, 9.17) is 9.84 Å². The number of ether oxygens (including phenoxy) is 1. The molecular formula is C12H16O5S. The molecule has 0 saturated heterocycles. The summed E-state index contributed by atoms with van der Waals surface area (Å²) in [6.45, 7) is 0.399. The largest absolute Gasteiger partial charge is 0.481 e. The Morgan fingerprint density at radius 1 is 1.28 bits per heavy atom. The van der Waals surface area contributed by atoms with Crippen molar-refractivity contribution in [2.24, 2.45) is 0 Å². The van der Waals surface area contributed by atoms with Crippen LogP contribution < -0.4 is 0 Å². The normalized spacial score (nSPS) is 11.4. The van der Waals surface area contributed by atoms with E-state index in [2.05, 4.69) is 0 Å². The lowest BCUT2D eigenvalue weighted by atomic mass is 10.2. The molecule has 1 N–H and O–H groups in total. The van der Waals surface area contributed by atoms with Gasteiger partial charge in [-0.3, -0.25) is 4.79 Å². The molecule has 1 rings (SSSR count). The zero-order valence-electron chi connectivity index (χ0n) is 10.1. The Balaban J connectivity index is 2.74. The maximum atomic E-state index is 11.9. The second-order valence-corrected chi connectivity index (χ2v) is 5.99. The van der Waals surface area contributed by atoms with Crippen LogP contribution in [-0.4, -0.2) is 39.0 Å². The van der Waals surface area contributed by atoms with Crippen molar-refractivity contribution >= 4 is 15.8 Å². The Kier molecular flexibility index (Phi) is 5.30. The number of carbonyl (C=O) groups is 1. The number of carboxylic acids is 1. The Hall–Kier alpha value is -1.40. The molecule has 100 valence electrons. The summed E-state index contributed by atoms with van der Waals surface area (Å²) in [6, 6.07) is 5.94. The quantitative estimate of drug-likeness (QED) is 0.752. The van der Waals surface area contributed by atoms with Gasteiger partial charge in [0, 0.05) is 13.7 Å². The maximum Gasteiger partial charge on any atom is 0.307 e. The van der Waals surface area contributed by atoms with Crippen molar-refractivity contribution in [3.8, 4) is 0 Å². The van der Waals surface area contributed by atoms with Crippen LogP contribution in [0.2, 0.25) is 0 Å². The van der Waals surface area contributed by atoms with E-state index in [-0.39, 0.29) is 17.1 Å². The Labute approximate surface area is 106 Å². The van der Waals surface area contributed by atoms with Gasteiger partial charge in [0.2, 0.25) is 0 Å². The molecule has 1 aromatic rings. The number of aliphatic carboxylic acids is 1. The first-order valence-electron chi connectivity index (χ1n) is 5.48. The molecule has 6 heteroatoms. The highest BCUT2D eigenvalue weighted by atomic mass is 32.2. The van der Waals surface area contributed by atoms with Crippen molar-refractivity contribution in [3.63, 3.8) is 0 Å². The van der Waals surface area contributed by atoms with E-state index in [1.54, 1.807) is 0 Å². The molecule has 5 nitrogen and oxygen atoms in total. The first-order chi connectivity index (χ1) is 8.45. The molecule has 0 unspecified atom stereocenters. The van der Waals surface area contributed by atoms with Crippen molar-refractivity contribution in [3.05, 3.63) is 29.8 Å². The van der Waals surface area contributed by atoms with E-state index in [9.17, 15) is 13.2 Å². The summed E-state index contributed by atoms with van der Waals surface area (Å²) in [5, 5.41) is 8.61. The molecule has 0 aliphatic carbocycles. The van der Waals surface area contributed by atoms with E-state index in [1.165, 1.54) is 31.4 Å². The highest BCUT2D eigenvalue weighted by Gasteiger charge is 2.13. The summed E-state index contributed by atoms with van der Waals surface area (Å²) in [5.41, 5.74) is 0.582. The minimum absolute atomic E-state index is 0.0269. The summed E-state index contributed by atoms with van der Waals surface area (Å²) >= 11 is 0. The molecule has 0 heterocycles. The SMILES string of the molecule is COCCCS(=O)(=O)c1ccc(CC(=O)O)cc1. The molecule has 0 amide bonds. The van der Waals surface area contributed by atoms with Crippen LogP contribution in [0.15, 0.2) is 29.2 Å². The molecule has 0 saturated carbocycles. The number of carboxylic acid groups (broad SMARTS) is 1. The van der Waals surface area contributed by atoms with E-state index < -0.39 is 15.8 Å². The van der Waals surface area contributed by atoms with Gasteiger partial charge in [0.05, 0.1) is 17.1 Å². The smallest absolute Gasteiger partial charge is 0.307 e. The molecule has 0 spiro atoms. The topological polar surface area (TPSA) is 80.7 Å². The number of hydrogen-bond donors (Lipinski definition) is 1. The van der Waals surface area contributed by atoms with Crippen LogP contribution >= 0.6 is 0 Å². The summed E-state index contributed by atoms with van der Waals surface area (Å²) in [6.07, 6.45) is 0.333. The Bertz CT molecular complexity index is 490. The highest BCUT2D eigenvalue weighted by Crippen LogP contribution is 2.13. The number of sulfone groups is 1. The predicted octanol–water partition coefficient (Wildman–Crippen LogP) is 1.12. The van der Waals surface area contributed by atoms with E-state index in [0.29, 0.717) is 18.6 Å². The molecule has 0 atom stereocenters. The third-order valence-electron chi connectivity index (χ3n) is 2.40. The standard InChI is InChI=1S/C12H16O5S/c1-17-7-2-8-18(15,16)11-5-3-10(4-6-11)9-12(13)14/h3-6H,2,7-9H2,1H3,(H,13,14). The molecule has 0 aliphatic rings. The maximum absolute atomic E-state index is 11.9. The minimum atomic E-state index is -3.31. The average molecular weight is 272 g/mol. The third-order valence-corrected chi connectivity index (χ3v) is 4.22. The summed E-state index contributed by atoms with van der Waals surface area (Å²) < 4.78 is 28.5. The van der Waals surface area contributed by atoms with Gasteiger partial charge in [-0.2, -0.15) is 0 Å². The fraction of sp³-hybridized carbons (Fsp3) is 0.417. The molecule has 18 heavy (non-hydrogen) atoms. The number of rotatable bonds is 7. The summed E-state index contributed by atoms with van der Waals surface area (Å²) in [5.74, 6) is -0.912. The second-order valence-electron chi connectivity index (χ2n) is 3.88. The molecule has 0 aromatic heterocycles. The van der Waals surface area contributed by atoms with E-state index >= 15 is 0 Å². The van der Waals surface area contributed by atoms with Crippen LogP contribution in [0.25, 0.3) is 0 Å². The van der Waals surface area contributed by atoms with Gasteiger partial charge in [0.1, 0.15) is 0 Å². The predicted molar refractivity (Wildman–Crippen MR) is 66.3 cm³/mol. The fourth-order valence-electron chi connectivity index (χ4n) is 1.50. The van der Waals surface area contributed by atoms with E-state index in [0.717, 1.165) is 0 Å². The van der Waals surface area contributed by atoms with Crippen LogP contribution in [0.4, 0.5) is 0 Å². The zero-order valence-corrected chi connectivity index (χ0v) is 10.9. The third kappa shape index (κ3) is 4.46. The average Bonchev–Trinajstić information content (AvgIpc) is 2.29. The van der Waals surface area contributed by atoms with Crippen molar-refractivity contribution in [1.29, 1.82) is 0 Å². The van der Waals surface area contributed by atoms with Gasteiger partial charge in [0.25, 0.3) is 0 Å². The highest BCUT2D eigenvalue weighted by molar-refractivity contribution is 7.91. The molecule has 0 radical (unpaired) electrons. The summed E-state index contributed by atoms with van der Waals surface area (Å²) in [4.78, 5) is 10.7. The lowest BCUT2D eigenvalue weighted by Crippen LogP contribution is -2.09. The van der Waals surface area contributed by atoms with Crippen LogP contribution in [-0.2, 0) is 25.8 Å². The molecule has 0 bridgehead atoms. The molecule has 1 aromatic carbocycles. The van der Waals surface area contributed by atoms with Gasteiger partial charge in [-0.15, -0.1) is 0 Å². The monoisotopic (exact) mass is 272 g/mol. The van der Waals surface area contributed by atoms with Crippen LogP contribution in [0, 0.1) is 0 Å². The van der Waals surface area contributed by atoms with Gasteiger partial charge in [-0.05, 0) is 24.1 Å². The van der Waals surface area contributed by atoms with Gasteiger partial charge in [-0.1, -0.05) is 12.1 Å². The molecule has 0 fully saturated rings. The molecule has 0 aliphatic heterocycles. The summed E-state index contributed by atoms with van der Waals surface area (Å²) in [7, 11) is -1.78. The van der Waals surface area contributed by atoms with Crippen LogP contribution in [0.3, 0.4) is 0 Å². The van der Waals surface area contributed by atoms with Gasteiger partial charge < -0.3 is 9.84 Å². The fourth-order valence-corrected chi connectivity index (χ4v) is 2.78. The van der Waals surface area contributed by atoms with Gasteiger partial charge in [0.15, 0.2) is 9.84 Å². The second kappa shape index (κ2) is 6.51. The molecular weight excluding hydrogens is 256 g/mol. The van der Waals surface area contributed by atoms with Crippen LogP contribution in [0.1, 0.15) is 12.0 Å². The first kappa shape index (κ1) is 14.7. The number of benzene rings is 1. The lowest BCUT2D eigenvalue weighted by molar-refractivity contribution is -0.136. The Morgan fingerprint density at radius 2 is 1.89 bits per heavy atom. The van der Waals surface area contributed by atoms with Crippen molar-refractivity contribution in [1.82, 2.24) is 0 Å². The van der Waals surface area contributed by atoms with Gasteiger partial charge >= 0.3 is 5.97 Å². The number of hydrogen-bond acceptors (Lipinski definition) is 4. The van der Waals surface area contributed by atoms with Crippen molar-refractivity contribution in [2.45, 2.75) is 17.7 Å². The Morgan fingerprint density at radius 3 is 2.39 bits per heavy atom. The van der Waals surface area contributed by atoms with Crippen molar-refractivity contribution in [2.75, 3.05) is 19.5 Å². The van der Waals surface area contributed by atoms with E-state index in [1.807, 2.05) is 0 Å². The zero-order chi connectivity index (χ0) is 13.6. The lowest BCUT2D eigenvalue weighted by Gasteiger charge is -2.05.